The van der Waals surface area contributed by atoms with Gasteiger partial charge in [-0.15, -0.1) is 0 Å². The third kappa shape index (κ3) is 4.92. The van der Waals surface area contributed by atoms with E-state index in [2.05, 4.69) is 61.3 Å². The minimum absolute atomic E-state index is 0.592. The maximum Gasteiger partial charge on any atom is 0.0235 e. The standard InChI is InChI=1S/C18H30N2/c1-15(2)12-16(3)20-11-7-10-19-18(14-20)13-17-8-5-4-6-9-17/h4-6,8-9,15-16,18-19H,7,10-14H2,1-3H3. The van der Waals surface area contributed by atoms with Crippen LogP contribution < -0.4 is 5.32 Å². The van der Waals surface area contributed by atoms with Gasteiger partial charge >= 0.3 is 0 Å². The largest absolute Gasteiger partial charge is 0.312 e. The summed E-state index contributed by atoms with van der Waals surface area (Å²) >= 11 is 0. The van der Waals surface area contributed by atoms with Crippen LogP contribution in [0.4, 0.5) is 0 Å². The first-order valence-corrected chi connectivity index (χ1v) is 8.16. The molecule has 0 bridgehead atoms. The molecule has 1 aromatic rings. The summed E-state index contributed by atoms with van der Waals surface area (Å²) in [5.41, 5.74) is 1.45. The molecule has 0 spiro atoms. The van der Waals surface area contributed by atoms with Gasteiger partial charge in [-0.3, -0.25) is 4.90 Å². The van der Waals surface area contributed by atoms with Gasteiger partial charge < -0.3 is 5.32 Å². The van der Waals surface area contributed by atoms with E-state index >= 15 is 0 Å². The van der Waals surface area contributed by atoms with E-state index in [1.54, 1.807) is 0 Å². The summed E-state index contributed by atoms with van der Waals surface area (Å²) in [7, 11) is 0. The van der Waals surface area contributed by atoms with Crippen LogP contribution in [0.5, 0.6) is 0 Å². The predicted molar refractivity (Wildman–Crippen MR) is 87.0 cm³/mol. The van der Waals surface area contributed by atoms with Gasteiger partial charge in [0, 0.05) is 18.6 Å². The van der Waals surface area contributed by atoms with E-state index in [0.29, 0.717) is 12.1 Å². The maximum atomic E-state index is 3.73. The first kappa shape index (κ1) is 15.5. The summed E-state index contributed by atoms with van der Waals surface area (Å²) in [6.45, 7) is 10.6. The average molecular weight is 274 g/mol. The molecule has 2 nitrogen and oxygen atoms in total. The fourth-order valence-electron chi connectivity index (χ4n) is 3.29. The molecule has 1 heterocycles. The van der Waals surface area contributed by atoms with Crippen LogP contribution in [0.2, 0.25) is 0 Å². The highest BCUT2D eigenvalue weighted by Crippen LogP contribution is 2.15. The van der Waals surface area contributed by atoms with Crippen molar-refractivity contribution in [2.45, 2.75) is 52.1 Å². The number of nitrogens with zero attached hydrogens (tertiary/aromatic N) is 1. The first-order chi connectivity index (χ1) is 9.65. The number of hydrogen-bond acceptors (Lipinski definition) is 2. The zero-order valence-corrected chi connectivity index (χ0v) is 13.3. The summed E-state index contributed by atoms with van der Waals surface area (Å²) in [6.07, 6.45) is 3.72. The smallest absolute Gasteiger partial charge is 0.0235 e. The fraction of sp³-hybridized carbons (Fsp3) is 0.667. The van der Waals surface area contributed by atoms with Crippen LogP contribution in [0.15, 0.2) is 30.3 Å². The van der Waals surface area contributed by atoms with Crippen molar-refractivity contribution in [2.75, 3.05) is 19.6 Å². The Balaban J connectivity index is 1.93. The van der Waals surface area contributed by atoms with E-state index < -0.39 is 0 Å². The van der Waals surface area contributed by atoms with Gasteiger partial charge in [0.1, 0.15) is 0 Å². The highest BCUT2D eigenvalue weighted by atomic mass is 15.2. The maximum absolute atomic E-state index is 3.73. The summed E-state index contributed by atoms with van der Waals surface area (Å²) in [4.78, 5) is 2.69. The Morgan fingerprint density at radius 2 is 1.95 bits per heavy atom. The molecule has 0 aromatic heterocycles. The lowest BCUT2D eigenvalue weighted by molar-refractivity contribution is 0.183. The van der Waals surface area contributed by atoms with E-state index in [9.17, 15) is 0 Å². The van der Waals surface area contributed by atoms with Crippen LogP contribution in [0, 0.1) is 5.92 Å². The van der Waals surface area contributed by atoms with Crippen molar-refractivity contribution in [2.24, 2.45) is 5.92 Å². The molecular weight excluding hydrogens is 244 g/mol. The quantitative estimate of drug-likeness (QED) is 0.886. The molecule has 1 aliphatic heterocycles. The lowest BCUT2D eigenvalue weighted by atomic mass is 10.0. The third-order valence-electron chi connectivity index (χ3n) is 4.27. The Kier molecular flexibility index (Phi) is 6.06. The normalized spacial score (nSPS) is 22.7. The van der Waals surface area contributed by atoms with Crippen molar-refractivity contribution >= 4 is 0 Å². The number of nitrogens with one attached hydrogen (secondary N) is 1. The van der Waals surface area contributed by atoms with Crippen LogP contribution in [-0.4, -0.2) is 36.6 Å². The molecule has 1 aromatic carbocycles. The molecule has 0 amide bonds. The van der Waals surface area contributed by atoms with Crippen molar-refractivity contribution in [1.29, 1.82) is 0 Å². The monoisotopic (exact) mass is 274 g/mol. The Morgan fingerprint density at radius 1 is 1.20 bits per heavy atom. The minimum Gasteiger partial charge on any atom is -0.312 e. The summed E-state index contributed by atoms with van der Waals surface area (Å²) < 4.78 is 0. The molecule has 2 atom stereocenters. The molecule has 2 heteroatoms. The van der Waals surface area contributed by atoms with Gasteiger partial charge in [-0.05, 0) is 50.8 Å². The molecule has 2 rings (SSSR count). The van der Waals surface area contributed by atoms with Crippen LogP contribution in [0.25, 0.3) is 0 Å². The minimum atomic E-state index is 0.592. The highest BCUT2D eigenvalue weighted by molar-refractivity contribution is 5.16. The van der Waals surface area contributed by atoms with Crippen molar-refractivity contribution < 1.29 is 0 Å². The topological polar surface area (TPSA) is 15.3 Å². The number of benzene rings is 1. The lowest BCUT2D eigenvalue weighted by Gasteiger charge is -2.31. The van der Waals surface area contributed by atoms with Crippen LogP contribution in [-0.2, 0) is 6.42 Å². The Bertz CT molecular complexity index is 374. The Labute approximate surface area is 124 Å². The molecule has 1 N–H and O–H groups in total. The SMILES string of the molecule is CC(C)CC(C)N1CCCNC(Cc2ccccc2)C1. The van der Waals surface area contributed by atoms with E-state index in [1.807, 2.05) is 0 Å². The van der Waals surface area contributed by atoms with Crippen molar-refractivity contribution in [1.82, 2.24) is 10.2 Å². The molecule has 20 heavy (non-hydrogen) atoms. The van der Waals surface area contributed by atoms with Crippen LogP contribution >= 0.6 is 0 Å². The van der Waals surface area contributed by atoms with E-state index in [-0.39, 0.29) is 0 Å². The summed E-state index contributed by atoms with van der Waals surface area (Å²) in [5, 5.41) is 3.73. The zero-order chi connectivity index (χ0) is 14.4. The zero-order valence-electron chi connectivity index (χ0n) is 13.3. The van der Waals surface area contributed by atoms with Gasteiger partial charge in [0.25, 0.3) is 0 Å². The molecule has 1 saturated heterocycles. The predicted octanol–water partition coefficient (Wildman–Crippen LogP) is 3.33. The molecule has 0 saturated carbocycles. The van der Waals surface area contributed by atoms with Crippen molar-refractivity contribution in [3.8, 4) is 0 Å². The Morgan fingerprint density at radius 3 is 2.65 bits per heavy atom. The molecule has 0 aliphatic carbocycles. The highest BCUT2D eigenvalue weighted by Gasteiger charge is 2.22. The van der Waals surface area contributed by atoms with Gasteiger partial charge in [0.15, 0.2) is 0 Å². The molecular formula is C18H30N2. The fourth-order valence-corrected chi connectivity index (χ4v) is 3.29. The van der Waals surface area contributed by atoms with Crippen LogP contribution in [0.1, 0.15) is 39.2 Å². The van der Waals surface area contributed by atoms with E-state index in [1.165, 1.54) is 31.5 Å². The number of hydrogen-bond donors (Lipinski definition) is 1. The number of rotatable bonds is 5. The second kappa shape index (κ2) is 7.80. The summed E-state index contributed by atoms with van der Waals surface area (Å²) in [6, 6.07) is 12.2. The van der Waals surface area contributed by atoms with E-state index in [4.69, 9.17) is 0 Å². The molecule has 0 radical (unpaired) electrons. The molecule has 112 valence electrons. The van der Waals surface area contributed by atoms with Gasteiger partial charge in [0.05, 0.1) is 0 Å². The van der Waals surface area contributed by atoms with Gasteiger partial charge in [-0.2, -0.15) is 0 Å². The molecule has 1 fully saturated rings. The third-order valence-corrected chi connectivity index (χ3v) is 4.27. The lowest BCUT2D eigenvalue weighted by Crippen LogP contribution is -2.43. The second-order valence-corrected chi connectivity index (χ2v) is 6.67. The van der Waals surface area contributed by atoms with Gasteiger partial charge in [0.2, 0.25) is 0 Å². The Hall–Kier alpha value is -0.860. The van der Waals surface area contributed by atoms with Crippen LogP contribution in [0.3, 0.4) is 0 Å². The molecule has 1 aliphatic rings. The van der Waals surface area contributed by atoms with Crippen molar-refractivity contribution in [3.63, 3.8) is 0 Å². The molecule has 2 unspecified atom stereocenters. The van der Waals surface area contributed by atoms with Gasteiger partial charge in [-0.1, -0.05) is 44.2 Å². The summed E-state index contributed by atoms with van der Waals surface area (Å²) in [5.74, 6) is 0.786. The first-order valence-electron chi connectivity index (χ1n) is 8.16. The van der Waals surface area contributed by atoms with Crippen molar-refractivity contribution in [3.05, 3.63) is 35.9 Å². The van der Waals surface area contributed by atoms with Gasteiger partial charge in [-0.25, -0.2) is 0 Å². The second-order valence-electron chi connectivity index (χ2n) is 6.67. The van der Waals surface area contributed by atoms with E-state index in [0.717, 1.165) is 18.9 Å². The average Bonchev–Trinajstić information content (AvgIpc) is 2.65.